The first kappa shape index (κ1) is 25.2. The lowest BCUT2D eigenvalue weighted by atomic mass is 10.00. The number of carbonyl (C=O) groups excluding carboxylic acids is 2. The van der Waals surface area contributed by atoms with Gasteiger partial charge in [-0.15, -0.1) is 0 Å². The van der Waals surface area contributed by atoms with Gasteiger partial charge in [-0.3, -0.25) is 9.59 Å². The second-order valence-electron chi connectivity index (χ2n) is 9.45. The first-order valence-corrected chi connectivity index (χ1v) is 12.4. The molecule has 1 aromatic heterocycles. The van der Waals surface area contributed by atoms with Gasteiger partial charge in [-0.2, -0.15) is 0 Å². The molecular formula is C29H24ClN3O5. The first-order valence-electron chi connectivity index (χ1n) is 12.0. The van der Waals surface area contributed by atoms with Crippen molar-refractivity contribution in [2.24, 2.45) is 5.92 Å². The maximum atomic E-state index is 13.0. The Labute approximate surface area is 223 Å². The standard InChI is InChI=1S/C29H24ClN3O5/c1-16(2)26(29(36)37)33-15-20-4-3-19(13-23(20)28(33)35)17-7-11-22(12-8-17)31-27(34)25-14-24(32-38-25)18-5-9-21(30)10-6-18/h3-14,16,26H,15H2,1-2H3,(H,31,34)(H,36,37). The zero-order valence-electron chi connectivity index (χ0n) is 20.6. The number of hydrogen-bond donors (Lipinski definition) is 2. The highest BCUT2D eigenvalue weighted by molar-refractivity contribution is 6.30. The molecule has 1 aliphatic heterocycles. The highest BCUT2D eigenvalue weighted by Gasteiger charge is 2.38. The fraction of sp³-hybridized carbons (Fsp3) is 0.172. The number of halogens is 1. The number of carbonyl (C=O) groups is 3. The van der Waals surface area contributed by atoms with Gasteiger partial charge in [0.05, 0.1) is 0 Å². The summed E-state index contributed by atoms with van der Waals surface area (Å²) in [6.45, 7) is 3.86. The van der Waals surface area contributed by atoms with Crippen LogP contribution in [-0.2, 0) is 11.3 Å². The van der Waals surface area contributed by atoms with Crippen molar-refractivity contribution in [1.82, 2.24) is 10.1 Å². The molecule has 1 atom stereocenters. The molecular weight excluding hydrogens is 506 g/mol. The molecule has 4 aromatic rings. The molecule has 1 aliphatic rings. The average molecular weight is 530 g/mol. The fourth-order valence-corrected chi connectivity index (χ4v) is 4.71. The van der Waals surface area contributed by atoms with E-state index in [1.807, 2.05) is 24.3 Å². The molecule has 3 aromatic carbocycles. The second kappa shape index (κ2) is 10.1. The van der Waals surface area contributed by atoms with Gasteiger partial charge in [-0.25, -0.2) is 4.79 Å². The molecule has 8 nitrogen and oxygen atoms in total. The molecule has 0 saturated carbocycles. The highest BCUT2D eigenvalue weighted by Crippen LogP contribution is 2.32. The molecule has 38 heavy (non-hydrogen) atoms. The normalized spacial score (nSPS) is 13.5. The van der Waals surface area contributed by atoms with Crippen LogP contribution in [-0.4, -0.2) is 39.0 Å². The van der Waals surface area contributed by atoms with Gasteiger partial charge >= 0.3 is 5.97 Å². The van der Waals surface area contributed by atoms with Crippen LogP contribution in [0.25, 0.3) is 22.4 Å². The quantitative estimate of drug-likeness (QED) is 0.304. The van der Waals surface area contributed by atoms with E-state index < -0.39 is 17.9 Å². The summed E-state index contributed by atoms with van der Waals surface area (Å²) in [6, 6.07) is 20.5. The molecule has 0 bridgehead atoms. The highest BCUT2D eigenvalue weighted by atomic mass is 35.5. The minimum absolute atomic E-state index is 0.0711. The van der Waals surface area contributed by atoms with Crippen molar-refractivity contribution in [3.63, 3.8) is 0 Å². The summed E-state index contributed by atoms with van der Waals surface area (Å²) in [4.78, 5) is 38.9. The maximum absolute atomic E-state index is 13.0. The molecule has 5 rings (SSSR count). The van der Waals surface area contributed by atoms with E-state index in [-0.39, 0.29) is 24.1 Å². The number of anilines is 1. The predicted octanol–water partition coefficient (Wildman–Crippen LogP) is 5.98. The molecule has 0 radical (unpaired) electrons. The van der Waals surface area contributed by atoms with Crippen LogP contribution < -0.4 is 5.32 Å². The number of benzene rings is 3. The van der Waals surface area contributed by atoms with Crippen molar-refractivity contribution in [3.05, 3.63) is 94.7 Å². The SMILES string of the molecule is CC(C)C(C(=O)O)N1Cc2ccc(-c3ccc(NC(=O)c4cc(-c5ccc(Cl)cc5)no4)cc3)cc2C1=O. The summed E-state index contributed by atoms with van der Waals surface area (Å²) in [7, 11) is 0. The Kier molecular flexibility index (Phi) is 6.73. The average Bonchev–Trinajstić information content (AvgIpc) is 3.50. The summed E-state index contributed by atoms with van der Waals surface area (Å²) >= 11 is 5.92. The van der Waals surface area contributed by atoms with Crippen molar-refractivity contribution in [1.29, 1.82) is 0 Å². The largest absolute Gasteiger partial charge is 0.480 e. The maximum Gasteiger partial charge on any atom is 0.326 e. The van der Waals surface area contributed by atoms with Crippen molar-refractivity contribution >= 4 is 35.1 Å². The lowest BCUT2D eigenvalue weighted by Crippen LogP contribution is -2.44. The van der Waals surface area contributed by atoms with E-state index in [9.17, 15) is 19.5 Å². The monoisotopic (exact) mass is 529 g/mol. The van der Waals surface area contributed by atoms with Crippen LogP contribution in [0.5, 0.6) is 0 Å². The Morgan fingerprint density at radius 2 is 1.63 bits per heavy atom. The van der Waals surface area contributed by atoms with E-state index >= 15 is 0 Å². The first-order chi connectivity index (χ1) is 18.2. The molecule has 2 amide bonds. The van der Waals surface area contributed by atoms with Gasteiger partial charge in [-0.1, -0.05) is 67.0 Å². The van der Waals surface area contributed by atoms with Crippen molar-refractivity contribution in [3.8, 4) is 22.4 Å². The third-order valence-electron chi connectivity index (χ3n) is 6.51. The minimum Gasteiger partial charge on any atom is -0.480 e. The number of rotatable bonds is 7. The Hall–Kier alpha value is -4.43. The second-order valence-corrected chi connectivity index (χ2v) is 9.88. The smallest absolute Gasteiger partial charge is 0.326 e. The van der Waals surface area contributed by atoms with Crippen LogP contribution in [0, 0.1) is 5.92 Å². The summed E-state index contributed by atoms with van der Waals surface area (Å²) in [5.74, 6) is -1.87. The lowest BCUT2D eigenvalue weighted by molar-refractivity contribution is -0.144. The van der Waals surface area contributed by atoms with Gasteiger partial charge in [0.1, 0.15) is 11.7 Å². The third-order valence-corrected chi connectivity index (χ3v) is 6.76. The van der Waals surface area contributed by atoms with E-state index in [4.69, 9.17) is 16.1 Å². The molecule has 0 fully saturated rings. The zero-order chi connectivity index (χ0) is 27.0. The van der Waals surface area contributed by atoms with Crippen LogP contribution in [0.15, 0.2) is 77.3 Å². The van der Waals surface area contributed by atoms with E-state index in [2.05, 4.69) is 10.5 Å². The van der Waals surface area contributed by atoms with Gasteiger partial charge in [0.2, 0.25) is 5.76 Å². The number of carboxylic acid groups (broad SMARTS) is 1. The Morgan fingerprint density at radius 1 is 0.974 bits per heavy atom. The van der Waals surface area contributed by atoms with Gasteiger partial charge in [-0.05, 0) is 52.9 Å². The zero-order valence-corrected chi connectivity index (χ0v) is 21.4. The molecule has 192 valence electrons. The summed E-state index contributed by atoms with van der Waals surface area (Å²) in [5.41, 5.74) is 4.84. The van der Waals surface area contributed by atoms with Crippen LogP contribution >= 0.6 is 11.6 Å². The van der Waals surface area contributed by atoms with Gasteiger partial charge in [0, 0.05) is 34.4 Å². The van der Waals surface area contributed by atoms with Gasteiger partial charge in [0.15, 0.2) is 0 Å². The molecule has 0 saturated heterocycles. The fourth-order valence-electron chi connectivity index (χ4n) is 4.58. The van der Waals surface area contributed by atoms with Crippen LogP contribution in [0.4, 0.5) is 5.69 Å². The summed E-state index contributed by atoms with van der Waals surface area (Å²) in [5, 5.41) is 17.0. The third kappa shape index (κ3) is 4.90. The number of nitrogens with one attached hydrogen (secondary N) is 1. The molecule has 0 spiro atoms. The molecule has 9 heteroatoms. The molecule has 2 heterocycles. The number of carboxylic acids is 1. The minimum atomic E-state index is -1.01. The molecule has 2 N–H and O–H groups in total. The number of amides is 2. The summed E-state index contributed by atoms with van der Waals surface area (Å²) < 4.78 is 5.22. The number of fused-ring (bicyclic) bond motifs is 1. The van der Waals surface area contributed by atoms with Crippen molar-refractivity contribution in [2.75, 3.05) is 5.32 Å². The van der Waals surface area contributed by atoms with E-state index in [0.29, 0.717) is 22.0 Å². The van der Waals surface area contributed by atoms with Crippen LogP contribution in [0.1, 0.15) is 40.3 Å². The molecule has 0 aliphatic carbocycles. The Balaban J connectivity index is 1.29. The van der Waals surface area contributed by atoms with Gasteiger partial charge < -0.3 is 19.8 Å². The predicted molar refractivity (Wildman–Crippen MR) is 143 cm³/mol. The van der Waals surface area contributed by atoms with Gasteiger partial charge in [0.25, 0.3) is 11.8 Å². The summed E-state index contributed by atoms with van der Waals surface area (Å²) in [6.07, 6.45) is 0. The van der Waals surface area contributed by atoms with Crippen LogP contribution in [0.3, 0.4) is 0 Å². The van der Waals surface area contributed by atoms with Crippen LogP contribution in [0.2, 0.25) is 5.02 Å². The lowest BCUT2D eigenvalue weighted by Gasteiger charge is -2.27. The van der Waals surface area contributed by atoms with Crippen molar-refractivity contribution < 1.29 is 24.0 Å². The van der Waals surface area contributed by atoms with E-state index in [1.165, 1.54) is 4.90 Å². The number of aromatic nitrogens is 1. The number of nitrogens with zero attached hydrogens (tertiary/aromatic N) is 2. The number of aliphatic carboxylic acids is 1. The number of hydrogen-bond acceptors (Lipinski definition) is 5. The Morgan fingerprint density at radius 3 is 2.29 bits per heavy atom. The van der Waals surface area contributed by atoms with Crippen molar-refractivity contribution in [2.45, 2.75) is 26.4 Å². The Bertz CT molecular complexity index is 1530. The van der Waals surface area contributed by atoms with E-state index in [1.54, 1.807) is 62.4 Å². The van der Waals surface area contributed by atoms with E-state index in [0.717, 1.165) is 22.3 Å². The topological polar surface area (TPSA) is 113 Å². The molecule has 1 unspecified atom stereocenters.